The van der Waals surface area contributed by atoms with Crippen LogP contribution in [0.4, 0.5) is 17.6 Å². The first-order chi connectivity index (χ1) is 9.27. The number of rotatable bonds is 2. The Labute approximate surface area is 112 Å². The van der Waals surface area contributed by atoms with Gasteiger partial charge in [0, 0.05) is 11.9 Å². The molecule has 0 radical (unpaired) electrons. The fourth-order valence-electron chi connectivity index (χ4n) is 1.86. The number of benzene rings is 1. The third-order valence-electron chi connectivity index (χ3n) is 2.80. The summed E-state index contributed by atoms with van der Waals surface area (Å²) in [5.74, 6) is -1.04. The lowest BCUT2D eigenvalue weighted by Gasteiger charge is -2.14. The first-order valence-corrected chi connectivity index (χ1v) is 5.75. The number of pyridine rings is 1. The summed E-state index contributed by atoms with van der Waals surface area (Å²) in [7, 11) is 0. The zero-order valence-corrected chi connectivity index (χ0v) is 10.4. The van der Waals surface area contributed by atoms with Crippen LogP contribution in [0.15, 0.2) is 36.5 Å². The monoisotopic (exact) mass is 285 g/mol. The number of hydrogen-bond donors (Lipinski definition) is 1. The van der Waals surface area contributed by atoms with Crippen molar-refractivity contribution < 1.29 is 22.7 Å². The first kappa shape index (κ1) is 14.5. The minimum atomic E-state index is -4.66. The summed E-state index contributed by atoms with van der Waals surface area (Å²) in [5, 5.41) is 10.1. The second kappa shape index (κ2) is 5.20. The van der Waals surface area contributed by atoms with Gasteiger partial charge in [-0.25, -0.2) is 4.39 Å². The highest BCUT2D eigenvalue weighted by Crippen LogP contribution is 2.33. The number of halogens is 4. The first-order valence-electron chi connectivity index (χ1n) is 5.75. The van der Waals surface area contributed by atoms with E-state index in [9.17, 15) is 22.7 Å². The van der Waals surface area contributed by atoms with Gasteiger partial charge in [0.1, 0.15) is 11.9 Å². The largest absolute Gasteiger partial charge is 0.416 e. The van der Waals surface area contributed by atoms with Gasteiger partial charge in [-0.15, -0.1) is 0 Å². The molecule has 2 nitrogen and oxygen atoms in total. The van der Waals surface area contributed by atoms with E-state index in [1.54, 1.807) is 6.92 Å². The van der Waals surface area contributed by atoms with Gasteiger partial charge in [-0.3, -0.25) is 4.98 Å². The summed E-state index contributed by atoms with van der Waals surface area (Å²) in [6.45, 7) is 1.68. The standard InChI is InChI=1S/C14H11F4NO/c1-8-4-9(2-3-19-8)13(20)10-5-11(14(16,17)18)7-12(15)6-10/h2-7,13,20H,1H3. The summed E-state index contributed by atoms with van der Waals surface area (Å²) >= 11 is 0. The normalized spacial score (nSPS) is 13.3. The Bertz CT molecular complexity index is 625. The molecule has 0 amide bonds. The molecule has 0 bridgehead atoms. The summed E-state index contributed by atoms with van der Waals surface area (Å²) in [6.07, 6.45) is -4.57. The molecule has 2 aromatic rings. The predicted octanol–water partition coefficient (Wildman–Crippen LogP) is 3.63. The topological polar surface area (TPSA) is 33.1 Å². The molecule has 1 unspecified atom stereocenters. The van der Waals surface area contributed by atoms with Crippen LogP contribution in [0.3, 0.4) is 0 Å². The van der Waals surface area contributed by atoms with Crippen LogP contribution in [0.1, 0.15) is 28.5 Å². The van der Waals surface area contributed by atoms with Crippen LogP contribution in [-0.2, 0) is 6.18 Å². The quantitative estimate of drug-likeness (QED) is 0.855. The highest BCUT2D eigenvalue weighted by Gasteiger charge is 2.32. The average molecular weight is 285 g/mol. The molecule has 1 N–H and O–H groups in total. The van der Waals surface area contributed by atoms with E-state index in [0.29, 0.717) is 17.3 Å². The molecule has 106 valence electrons. The third-order valence-corrected chi connectivity index (χ3v) is 2.80. The molecule has 1 aromatic carbocycles. The molecular weight excluding hydrogens is 274 g/mol. The second-order valence-electron chi connectivity index (χ2n) is 4.40. The van der Waals surface area contributed by atoms with Gasteiger partial charge in [0.25, 0.3) is 0 Å². The Balaban J connectivity index is 2.45. The molecule has 0 aliphatic carbocycles. The number of aliphatic hydroxyl groups is 1. The minimum absolute atomic E-state index is 0.150. The van der Waals surface area contributed by atoms with E-state index < -0.39 is 23.7 Å². The summed E-state index contributed by atoms with van der Waals surface area (Å²) in [4.78, 5) is 3.93. The zero-order chi connectivity index (χ0) is 14.9. The Morgan fingerprint density at radius 1 is 1.10 bits per heavy atom. The third kappa shape index (κ3) is 3.14. The van der Waals surface area contributed by atoms with Crippen molar-refractivity contribution in [1.82, 2.24) is 4.98 Å². The Kier molecular flexibility index (Phi) is 3.76. The van der Waals surface area contributed by atoms with E-state index in [4.69, 9.17) is 0 Å². The van der Waals surface area contributed by atoms with Crippen LogP contribution < -0.4 is 0 Å². The van der Waals surface area contributed by atoms with Crippen LogP contribution in [-0.4, -0.2) is 10.1 Å². The van der Waals surface area contributed by atoms with Crippen LogP contribution >= 0.6 is 0 Å². The van der Waals surface area contributed by atoms with Gasteiger partial charge in [0.05, 0.1) is 5.56 Å². The summed E-state index contributed by atoms with van der Waals surface area (Å²) in [5.41, 5.74) is -0.314. The highest BCUT2D eigenvalue weighted by molar-refractivity contribution is 5.34. The molecule has 0 aliphatic rings. The summed E-state index contributed by atoms with van der Waals surface area (Å²) in [6, 6.07) is 5.02. The average Bonchev–Trinajstić information content (AvgIpc) is 2.36. The Morgan fingerprint density at radius 2 is 1.80 bits per heavy atom. The van der Waals surface area contributed by atoms with Gasteiger partial charge >= 0.3 is 6.18 Å². The Morgan fingerprint density at radius 3 is 2.40 bits per heavy atom. The molecule has 0 aliphatic heterocycles. The predicted molar refractivity (Wildman–Crippen MR) is 64.4 cm³/mol. The lowest BCUT2D eigenvalue weighted by Crippen LogP contribution is -2.09. The van der Waals surface area contributed by atoms with Gasteiger partial charge in [-0.05, 0) is 48.4 Å². The van der Waals surface area contributed by atoms with E-state index >= 15 is 0 Å². The van der Waals surface area contributed by atoms with Gasteiger partial charge in [-0.1, -0.05) is 0 Å². The lowest BCUT2D eigenvalue weighted by molar-refractivity contribution is -0.137. The van der Waals surface area contributed by atoms with Crippen molar-refractivity contribution in [2.75, 3.05) is 0 Å². The van der Waals surface area contributed by atoms with Crippen LogP contribution in [0.25, 0.3) is 0 Å². The van der Waals surface area contributed by atoms with Crippen LogP contribution in [0.5, 0.6) is 0 Å². The van der Waals surface area contributed by atoms with Crippen molar-refractivity contribution in [2.45, 2.75) is 19.2 Å². The lowest BCUT2D eigenvalue weighted by atomic mass is 9.99. The molecular formula is C14H11F4NO. The molecule has 2 rings (SSSR count). The number of alkyl halides is 3. The summed E-state index contributed by atoms with van der Waals surface area (Å²) < 4.78 is 51.1. The van der Waals surface area contributed by atoms with E-state index in [1.807, 2.05) is 0 Å². The van der Waals surface area contributed by atoms with Crippen molar-refractivity contribution in [2.24, 2.45) is 0 Å². The van der Waals surface area contributed by atoms with Crippen molar-refractivity contribution >= 4 is 0 Å². The van der Waals surface area contributed by atoms with E-state index in [-0.39, 0.29) is 5.56 Å². The number of aliphatic hydroxyl groups excluding tert-OH is 1. The van der Waals surface area contributed by atoms with Crippen LogP contribution in [0.2, 0.25) is 0 Å². The van der Waals surface area contributed by atoms with Crippen LogP contribution in [0, 0.1) is 12.7 Å². The van der Waals surface area contributed by atoms with Crippen molar-refractivity contribution in [3.05, 3.63) is 64.7 Å². The molecule has 0 saturated heterocycles. The maximum Gasteiger partial charge on any atom is 0.416 e. The number of aryl methyl sites for hydroxylation is 1. The Hall–Kier alpha value is -1.95. The van der Waals surface area contributed by atoms with Crippen molar-refractivity contribution in [1.29, 1.82) is 0 Å². The number of nitrogens with zero attached hydrogens (tertiary/aromatic N) is 1. The molecule has 0 saturated carbocycles. The number of hydrogen-bond acceptors (Lipinski definition) is 2. The molecule has 1 aromatic heterocycles. The molecule has 0 spiro atoms. The number of aromatic nitrogens is 1. The van der Waals surface area contributed by atoms with Gasteiger partial charge < -0.3 is 5.11 Å². The molecule has 0 fully saturated rings. The maximum atomic E-state index is 13.3. The smallest absolute Gasteiger partial charge is 0.384 e. The van der Waals surface area contributed by atoms with E-state index in [0.717, 1.165) is 12.1 Å². The minimum Gasteiger partial charge on any atom is -0.384 e. The van der Waals surface area contributed by atoms with E-state index in [2.05, 4.69) is 4.98 Å². The van der Waals surface area contributed by atoms with Gasteiger partial charge in [0.2, 0.25) is 0 Å². The zero-order valence-electron chi connectivity index (χ0n) is 10.4. The maximum absolute atomic E-state index is 13.3. The molecule has 1 heterocycles. The fraction of sp³-hybridized carbons (Fsp3) is 0.214. The second-order valence-corrected chi connectivity index (χ2v) is 4.40. The fourth-order valence-corrected chi connectivity index (χ4v) is 1.86. The SMILES string of the molecule is Cc1cc(C(O)c2cc(F)cc(C(F)(F)F)c2)ccn1. The van der Waals surface area contributed by atoms with Gasteiger partial charge in [0.15, 0.2) is 0 Å². The van der Waals surface area contributed by atoms with Crippen molar-refractivity contribution in [3.8, 4) is 0 Å². The molecule has 20 heavy (non-hydrogen) atoms. The molecule has 1 atom stereocenters. The molecule has 6 heteroatoms. The van der Waals surface area contributed by atoms with Crippen molar-refractivity contribution in [3.63, 3.8) is 0 Å². The highest BCUT2D eigenvalue weighted by atomic mass is 19.4. The van der Waals surface area contributed by atoms with Gasteiger partial charge in [-0.2, -0.15) is 13.2 Å². The van der Waals surface area contributed by atoms with E-state index in [1.165, 1.54) is 18.3 Å².